The van der Waals surface area contributed by atoms with Gasteiger partial charge in [-0.3, -0.25) is 9.59 Å². The standard InChI is InChI=1S/C10H10N6O3/c17-9(12-7-3-1-2-4-11-7)6-16-8(5-10(18)19)13-14-15-16/h1-4H,5-6H2,(H,18,19)(H,11,12,17). The number of nitrogens with zero attached hydrogens (tertiary/aromatic N) is 5. The molecule has 2 aromatic rings. The summed E-state index contributed by atoms with van der Waals surface area (Å²) in [4.78, 5) is 26.2. The van der Waals surface area contributed by atoms with Crippen LogP contribution < -0.4 is 5.32 Å². The molecule has 0 spiro atoms. The monoisotopic (exact) mass is 262 g/mol. The Labute approximate surface area is 107 Å². The third-order valence-corrected chi connectivity index (χ3v) is 2.14. The number of rotatable bonds is 5. The van der Waals surface area contributed by atoms with Crippen molar-refractivity contribution in [3.63, 3.8) is 0 Å². The van der Waals surface area contributed by atoms with Crippen LogP contribution in [0.5, 0.6) is 0 Å². The van der Waals surface area contributed by atoms with E-state index in [0.717, 1.165) is 4.68 Å². The highest BCUT2D eigenvalue weighted by atomic mass is 16.4. The highest BCUT2D eigenvalue weighted by Gasteiger charge is 2.13. The number of pyridine rings is 1. The topological polar surface area (TPSA) is 123 Å². The Kier molecular flexibility index (Phi) is 3.76. The van der Waals surface area contributed by atoms with E-state index in [1.165, 1.54) is 0 Å². The van der Waals surface area contributed by atoms with Crippen molar-refractivity contribution in [1.29, 1.82) is 0 Å². The average molecular weight is 262 g/mol. The molecule has 9 nitrogen and oxygen atoms in total. The van der Waals surface area contributed by atoms with Gasteiger partial charge in [-0.2, -0.15) is 0 Å². The number of carboxylic acid groups (broad SMARTS) is 1. The van der Waals surface area contributed by atoms with Crippen molar-refractivity contribution in [3.8, 4) is 0 Å². The van der Waals surface area contributed by atoms with Gasteiger partial charge in [0.05, 0.1) is 0 Å². The largest absolute Gasteiger partial charge is 0.481 e. The summed E-state index contributed by atoms with van der Waals surface area (Å²) in [5, 5.41) is 21.6. The number of amides is 1. The molecule has 98 valence electrons. The molecule has 2 aromatic heterocycles. The third-order valence-electron chi connectivity index (χ3n) is 2.14. The van der Waals surface area contributed by atoms with Gasteiger partial charge in [-0.1, -0.05) is 6.07 Å². The molecule has 0 atom stereocenters. The summed E-state index contributed by atoms with van der Waals surface area (Å²) in [7, 11) is 0. The second kappa shape index (κ2) is 5.67. The number of hydrogen-bond donors (Lipinski definition) is 2. The zero-order valence-corrected chi connectivity index (χ0v) is 9.72. The molecule has 0 aliphatic rings. The van der Waals surface area contributed by atoms with Crippen LogP contribution in [0.4, 0.5) is 5.82 Å². The van der Waals surface area contributed by atoms with Crippen molar-refractivity contribution < 1.29 is 14.7 Å². The van der Waals surface area contributed by atoms with Crippen LogP contribution in [-0.4, -0.2) is 42.2 Å². The molecular formula is C10H10N6O3. The van der Waals surface area contributed by atoms with Crippen LogP contribution in [-0.2, 0) is 22.6 Å². The van der Waals surface area contributed by atoms with Crippen molar-refractivity contribution in [1.82, 2.24) is 25.2 Å². The first-order valence-corrected chi connectivity index (χ1v) is 5.33. The first-order valence-electron chi connectivity index (χ1n) is 5.33. The van der Waals surface area contributed by atoms with Crippen LogP contribution in [0.1, 0.15) is 5.82 Å². The Morgan fingerprint density at radius 1 is 1.37 bits per heavy atom. The molecule has 2 rings (SSSR count). The van der Waals surface area contributed by atoms with Gasteiger partial charge < -0.3 is 10.4 Å². The summed E-state index contributed by atoms with van der Waals surface area (Å²) in [6.07, 6.45) is 1.20. The normalized spacial score (nSPS) is 10.1. The Balaban J connectivity index is 1.99. The molecule has 0 saturated carbocycles. The molecule has 0 fully saturated rings. The fraction of sp³-hybridized carbons (Fsp3) is 0.200. The summed E-state index contributed by atoms with van der Waals surface area (Å²) in [6.45, 7) is -0.174. The van der Waals surface area contributed by atoms with Crippen LogP contribution in [0.3, 0.4) is 0 Å². The molecule has 0 radical (unpaired) electrons. The van der Waals surface area contributed by atoms with Crippen molar-refractivity contribution >= 4 is 17.7 Å². The molecule has 0 unspecified atom stereocenters. The van der Waals surface area contributed by atoms with E-state index in [9.17, 15) is 9.59 Å². The fourth-order valence-corrected chi connectivity index (χ4v) is 1.36. The van der Waals surface area contributed by atoms with Crippen LogP contribution in [0.15, 0.2) is 24.4 Å². The van der Waals surface area contributed by atoms with E-state index in [1.54, 1.807) is 24.4 Å². The molecule has 0 bridgehead atoms. The number of aliphatic carboxylic acids is 1. The SMILES string of the molecule is O=C(O)Cc1nnnn1CC(=O)Nc1ccccn1. The lowest BCUT2D eigenvalue weighted by atomic mass is 10.4. The molecule has 2 N–H and O–H groups in total. The molecule has 0 aliphatic carbocycles. The maximum Gasteiger partial charge on any atom is 0.311 e. The van der Waals surface area contributed by atoms with Crippen molar-refractivity contribution in [2.45, 2.75) is 13.0 Å². The van der Waals surface area contributed by atoms with Gasteiger partial charge >= 0.3 is 5.97 Å². The summed E-state index contributed by atoms with van der Waals surface area (Å²) in [5.74, 6) is -0.942. The number of nitrogens with one attached hydrogen (secondary N) is 1. The van der Waals surface area contributed by atoms with Crippen molar-refractivity contribution in [3.05, 3.63) is 30.2 Å². The van der Waals surface area contributed by atoms with Crippen LogP contribution in [0.25, 0.3) is 0 Å². The Morgan fingerprint density at radius 2 is 2.21 bits per heavy atom. The molecule has 9 heteroatoms. The maximum atomic E-state index is 11.7. The van der Waals surface area contributed by atoms with E-state index in [0.29, 0.717) is 5.82 Å². The van der Waals surface area contributed by atoms with Gasteiger partial charge in [0.25, 0.3) is 0 Å². The minimum absolute atomic E-state index is 0.115. The van der Waals surface area contributed by atoms with E-state index in [-0.39, 0.29) is 18.8 Å². The van der Waals surface area contributed by atoms with E-state index in [4.69, 9.17) is 5.11 Å². The highest BCUT2D eigenvalue weighted by molar-refractivity contribution is 5.89. The minimum Gasteiger partial charge on any atom is -0.481 e. The Morgan fingerprint density at radius 3 is 2.89 bits per heavy atom. The van der Waals surface area contributed by atoms with Crippen LogP contribution in [0.2, 0.25) is 0 Å². The van der Waals surface area contributed by atoms with Gasteiger partial charge in [-0.05, 0) is 22.6 Å². The number of hydrogen-bond acceptors (Lipinski definition) is 6. The number of carbonyl (C=O) groups excluding carboxylic acids is 1. The second-order valence-electron chi connectivity index (χ2n) is 3.59. The van der Waals surface area contributed by atoms with Gasteiger partial charge in [0, 0.05) is 6.20 Å². The van der Waals surface area contributed by atoms with Gasteiger partial charge in [0.1, 0.15) is 18.8 Å². The minimum atomic E-state index is -1.07. The predicted octanol–water partition coefficient (Wildman–Crippen LogP) is -0.666. The molecule has 19 heavy (non-hydrogen) atoms. The number of carboxylic acids is 1. The number of aromatic nitrogens is 5. The van der Waals surface area contributed by atoms with Gasteiger partial charge in [-0.25, -0.2) is 9.67 Å². The van der Waals surface area contributed by atoms with Gasteiger partial charge in [0.2, 0.25) is 5.91 Å². The van der Waals surface area contributed by atoms with Crippen molar-refractivity contribution in [2.24, 2.45) is 0 Å². The molecule has 0 aliphatic heterocycles. The quantitative estimate of drug-likeness (QED) is 0.732. The lowest BCUT2D eigenvalue weighted by Crippen LogP contribution is -2.22. The summed E-state index contributed by atoms with van der Waals surface area (Å²) < 4.78 is 1.13. The predicted molar refractivity (Wildman–Crippen MR) is 62.0 cm³/mol. The maximum absolute atomic E-state index is 11.7. The summed E-state index contributed by atoms with van der Waals surface area (Å²) >= 11 is 0. The smallest absolute Gasteiger partial charge is 0.311 e. The molecule has 2 heterocycles. The lowest BCUT2D eigenvalue weighted by molar-refractivity contribution is -0.136. The first kappa shape index (κ1) is 12.6. The van der Waals surface area contributed by atoms with Gasteiger partial charge in [0.15, 0.2) is 5.82 Å². The molecule has 1 amide bonds. The summed E-state index contributed by atoms with van der Waals surface area (Å²) in [6, 6.07) is 5.09. The van der Waals surface area contributed by atoms with Gasteiger partial charge in [-0.15, -0.1) is 5.10 Å². The fourth-order valence-electron chi connectivity index (χ4n) is 1.36. The zero-order chi connectivity index (χ0) is 13.7. The lowest BCUT2D eigenvalue weighted by Gasteiger charge is -2.04. The molecule has 0 aromatic carbocycles. The first-order chi connectivity index (χ1) is 9.15. The van der Waals surface area contributed by atoms with E-state index < -0.39 is 11.9 Å². The molecule has 0 saturated heterocycles. The van der Waals surface area contributed by atoms with Crippen LogP contribution in [0, 0.1) is 0 Å². The zero-order valence-electron chi connectivity index (χ0n) is 9.72. The Hall–Kier alpha value is -2.84. The highest BCUT2D eigenvalue weighted by Crippen LogP contribution is 2.01. The Bertz CT molecular complexity index is 582. The number of carbonyl (C=O) groups is 2. The van der Waals surface area contributed by atoms with E-state index in [1.807, 2.05) is 0 Å². The van der Waals surface area contributed by atoms with E-state index >= 15 is 0 Å². The number of tetrazole rings is 1. The van der Waals surface area contributed by atoms with Crippen LogP contribution >= 0.6 is 0 Å². The molecular weight excluding hydrogens is 252 g/mol. The third kappa shape index (κ3) is 3.56. The number of anilines is 1. The summed E-state index contributed by atoms with van der Waals surface area (Å²) in [5.41, 5.74) is 0. The van der Waals surface area contributed by atoms with E-state index in [2.05, 4.69) is 25.8 Å². The van der Waals surface area contributed by atoms with Crippen molar-refractivity contribution in [2.75, 3.05) is 5.32 Å². The average Bonchev–Trinajstić information content (AvgIpc) is 2.77. The second-order valence-corrected chi connectivity index (χ2v) is 3.59.